The Morgan fingerprint density at radius 3 is 2.58 bits per heavy atom. The fourth-order valence-corrected chi connectivity index (χ4v) is 1.10. The predicted molar refractivity (Wildman–Crippen MR) is 52.3 cm³/mol. The van der Waals surface area contributed by atoms with Crippen LogP contribution in [0.25, 0.3) is 0 Å². The van der Waals surface area contributed by atoms with Gasteiger partial charge >= 0.3 is 0 Å². The molecule has 1 heterocycles. The van der Waals surface area contributed by atoms with Crippen LogP contribution in [0.2, 0.25) is 0 Å². The smallest absolute Gasteiger partial charge is 0.106 e. The van der Waals surface area contributed by atoms with E-state index in [4.69, 9.17) is 0 Å². The summed E-state index contributed by atoms with van der Waals surface area (Å²) in [6.07, 6.45) is 2.05. The molecule has 0 aromatic rings. The van der Waals surface area contributed by atoms with Gasteiger partial charge in [0.1, 0.15) is 5.84 Å². The third-order valence-electron chi connectivity index (χ3n) is 2.17. The lowest BCUT2D eigenvalue weighted by Crippen LogP contribution is -2.50. The molecule has 0 amide bonds. The maximum absolute atomic E-state index is 4.22. The van der Waals surface area contributed by atoms with Gasteiger partial charge in [0.25, 0.3) is 0 Å². The zero-order valence-electron chi connectivity index (χ0n) is 8.02. The van der Waals surface area contributed by atoms with E-state index in [-0.39, 0.29) is 0 Å². The second-order valence-corrected chi connectivity index (χ2v) is 3.06. The molecule has 0 atom stereocenters. The highest BCUT2D eigenvalue weighted by Gasteiger charge is 2.22. The van der Waals surface area contributed by atoms with Gasteiger partial charge in [0.15, 0.2) is 0 Å². The summed E-state index contributed by atoms with van der Waals surface area (Å²) in [5.41, 5.74) is 1.17. The molecular weight excluding hydrogens is 150 g/mol. The third-order valence-corrected chi connectivity index (χ3v) is 2.17. The van der Waals surface area contributed by atoms with Gasteiger partial charge in [-0.25, -0.2) is 0 Å². The molecule has 0 aliphatic carbocycles. The van der Waals surface area contributed by atoms with Crippen molar-refractivity contribution in [1.29, 1.82) is 0 Å². The Labute approximate surface area is 74.0 Å². The van der Waals surface area contributed by atoms with Crippen molar-refractivity contribution >= 4 is 5.84 Å². The summed E-state index contributed by atoms with van der Waals surface area (Å²) in [6.45, 7) is 6.18. The van der Waals surface area contributed by atoms with Crippen LogP contribution in [0.4, 0.5) is 0 Å². The zero-order chi connectivity index (χ0) is 8.97. The van der Waals surface area contributed by atoms with Crippen LogP contribution in [0.15, 0.2) is 16.8 Å². The molecule has 1 aliphatic heterocycles. The lowest BCUT2D eigenvalue weighted by atomic mass is 10.0. The van der Waals surface area contributed by atoms with Crippen molar-refractivity contribution in [2.24, 2.45) is 10.9 Å². The van der Waals surface area contributed by atoms with E-state index in [0.717, 1.165) is 18.9 Å². The Bertz CT molecular complexity index is 202. The number of aliphatic imine (C=N–C) groups is 1. The van der Waals surface area contributed by atoms with Crippen LogP contribution in [0.1, 0.15) is 13.8 Å². The van der Waals surface area contributed by atoms with Crippen LogP contribution in [0.3, 0.4) is 0 Å². The number of allylic oxidation sites excluding steroid dienone is 2. The summed E-state index contributed by atoms with van der Waals surface area (Å²) in [5, 5.41) is 6.52. The molecular formula is C9H17N3. The molecule has 0 saturated carbocycles. The van der Waals surface area contributed by atoms with Gasteiger partial charge in [0.05, 0.1) is 0 Å². The molecule has 1 fully saturated rings. The van der Waals surface area contributed by atoms with E-state index < -0.39 is 0 Å². The Morgan fingerprint density at radius 2 is 2.25 bits per heavy atom. The van der Waals surface area contributed by atoms with Crippen molar-refractivity contribution in [3.8, 4) is 0 Å². The van der Waals surface area contributed by atoms with Crippen LogP contribution in [-0.2, 0) is 0 Å². The summed E-state index contributed by atoms with van der Waals surface area (Å²) < 4.78 is 0. The first-order valence-electron chi connectivity index (χ1n) is 4.35. The molecule has 1 aliphatic rings. The first-order chi connectivity index (χ1) is 5.77. The number of rotatable bonds is 2. The topological polar surface area (TPSA) is 36.4 Å². The van der Waals surface area contributed by atoms with E-state index >= 15 is 0 Å². The highest BCUT2D eigenvalue weighted by molar-refractivity contribution is 5.87. The summed E-state index contributed by atoms with van der Waals surface area (Å²) in [4.78, 5) is 4.22. The average Bonchev–Trinajstić information content (AvgIpc) is 1.99. The minimum absolute atomic E-state index is 0.588. The molecule has 0 radical (unpaired) electrons. The fraction of sp³-hybridized carbons (Fsp3) is 0.667. The van der Waals surface area contributed by atoms with Crippen LogP contribution in [0.5, 0.6) is 0 Å². The van der Waals surface area contributed by atoms with Gasteiger partial charge in [-0.1, -0.05) is 6.08 Å². The monoisotopic (exact) mass is 167 g/mol. The van der Waals surface area contributed by atoms with Crippen LogP contribution >= 0.6 is 0 Å². The molecule has 0 aromatic carbocycles. The number of nitrogens with zero attached hydrogens (tertiary/aromatic N) is 1. The van der Waals surface area contributed by atoms with Gasteiger partial charge in [0, 0.05) is 31.8 Å². The maximum atomic E-state index is 4.22. The Balaban J connectivity index is 2.46. The van der Waals surface area contributed by atoms with E-state index in [1.165, 1.54) is 5.70 Å². The van der Waals surface area contributed by atoms with E-state index in [9.17, 15) is 0 Å². The lowest BCUT2D eigenvalue weighted by Gasteiger charge is -2.29. The predicted octanol–water partition coefficient (Wildman–Crippen LogP) is 0.747. The molecule has 3 nitrogen and oxygen atoms in total. The summed E-state index contributed by atoms with van der Waals surface area (Å²) in [7, 11) is 1.84. The Morgan fingerprint density at radius 1 is 1.58 bits per heavy atom. The van der Waals surface area contributed by atoms with Crippen molar-refractivity contribution < 1.29 is 0 Å². The van der Waals surface area contributed by atoms with Crippen molar-refractivity contribution in [3.05, 3.63) is 11.8 Å². The molecule has 0 aromatic heterocycles. The summed E-state index contributed by atoms with van der Waals surface area (Å²) in [6, 6.07) is 0. The number of amidine groups is 1. The molecule has 3 heteroatoms. The van der Waals surface area contributed by atoms with E-state index in [0.29, 0.717) is 5.92 Å². The zero-order valence-corrected chi connectivity index (χ0v) is 8.02. The highest BCUT2D eigenvalue weighted by atomic mass is 15.1. The number of hydrogen-bond donors (Lipinski definition) is 2. The highest BCUT2D eigenvalue weighted by Crippen LogP contribution is 2.05. The first-order valence-corrected chi connectivity index (χ1v) is 4.35. The molecule has 1 rings (SSSR count). The molecule has 0 bridgehead atoms. The summed E-state index contributed by atoms with van der Waals surface area (Å²) in [5.74, 6) is 1.69. The molecule has 1 saturated heterocycles. The maximum Gasteiger partial charge on any atom is 0.106 e. The van der Waals surface area contributed by atoms with Crippen molar-refractivity contribution in [2.75, 3.05) is 20.1 Å². The Kier molecular flexibility index (Phi) is 3.29. The van der Waals surface area contributed by atoms with Gasteiger partial charge < -0.3 is 10.6 Å². The molecule has 0 unspecified atom stereocenters. The molecule has 12 heavy (non-hydrogen) atoms. The Hall–Kier alpha value is -0.830. The van der Waals surface area contributed by atoms with Gasteiger partial charge in [0.2, 0.25) is 0 Å². The minimum Gasteiger partial charge on any atom is -0.348 e. The van der Waals surface area contributed by atoms with Gasteiger partial charge in [-0.15, -0.1) is 0 Å². The molecule has 0 spiro atoms. The van der Waals surface area contributed by atoms with Crippen LogP contribution in [-0.4, -0.2) is 26.0 Å². The quantitative estimate of drug-likeness (QED) is 0.470. The number of hydrogen-bond acceptors (Lipinski definition) is 2. The second kappa shape index (κ2) is 4.26. The number of nitrogens with one attached hydrogen (secondary N) is 2. The molecule has 68 valence electrons. The normalized spacial score (nSPS) is 20.6. The third kappa shape index (κ3) is 2.08. The van der Waals surface area contributed by atoms with Crippen molar-refractivity contribution in [1.82, 2.24) is 10.6 Å². The van der Waals surface area contributed by atoms with Crippen molar-refractivity contribution in [2.45, 2.75) is 13.8 Å². The largest absolute Gasteiger partial charge is 0.348 e. The van der Waals surface area contributed by atoms with Crippen LogP contribution in [0, 0.1) is 5.92 Å². The molecule has 2 N–H and O–H groups in total. The first kappa shape index (κ1) is 9.26. The van der Waals surface area contributed by atoms with Gasteiger partial charge in [-0.3, -0.25) is 4.99 Å². The SMILES string of the molecule is C/C=C(/C)NC(=NC)C1CNC1. The second-order valence-electron chi connectivity index (χ2n) is 3.06. The minimum atomic E-state index is 0.588. The van der Waals surface area contributed by atoms with E-state index in [2.05, 4.69) is 28.6 Å². The lowest BCUT2D eigenvalue weighted by molar-refractivity contribution is 0.436. The van der Waals surface area contributed by atoms with Gasteiger partial charge in [-0.2, -0.15) is 0 Å². The van der Waals surface area contributed by atoms with Gasteiger partial charge in [-0.05, 0) is 13.8 Å². The average molecular weight is 167 g/mol. The standard InChI is InChI=1S/C9H17N3/c1-4-7(2)12-9(10-3)8-5-11-6-8/h4,8,11H,5-6H2,1-3H3,(H,10,12)/b7-4-. The van der Waals surface area contributed by atoms with E-state index in [1.54, 1.807) is 0 Å². The van der Waals surface area contributed by atoms with E-state index in [1.807, 2.05) is 14.0 Å². The van der Waals surface area contributed by atoms with Crippen LogP contribution < -0.4 is 10.6 Å². The fourth-order valence-electron chi connectivity index (χ4n) is 1.10. The van der Waals surface area contributed by atoms with Crippen molar-refractivity contribution in [3.63, 3.8) is 0 Å². The summed E-state index contributed by atoms with van der Waals surface area (Å²) >= 11 is 0.